The molecule has 0 saturated heterocycles. The minimum absolute atomic E-state index is 0. The maximum Gasteiger partial charge on any atom is 0.191 e. The van der Waals surface area contributed by atoms with Crippen LogP contribution in [0.2, 0.25) is 0 Å². The Morgan fingerprint density at radius 1 is 1.36 bits per heavy atom. The molecule has 0 fully saturated rings. The van der Waals surface area contributed by atoms with Crippen molar-refractivity contribution in [2.75, 3.05) is 33.4 Å². The Hall–Kier alpha value is -0.670. The number of aryl methyl sites for hydroxylation is 1. The first-order chi connectivity index (χ1) is 10.3. The molecule has 1 aromatic heterocycles. The lowest BCUT2D eigenvalue weighted by molar-refractivity contribution is 0.153. The molecule has 1 aromatic rings. The topological polar surface area (TPSA) is 58.5 Å². The standard InChI is InChI=1S/C15H24N4OS.HI/c1-12-11-19-14(21-12)4-8-18-15(16-2)17-7-3-13-5-9-20-10-6-13;/h5,11H,3-4,6-10H2,1-2H3,(H2,16,17,18);1H. The van der Waals surface area contributed by atoms with E-state index in [2.05, 4.69) is 33.6 Å². The molecule has 0 radical (unpaired) electrons. The number of aromatic nitrogens is 1. The van der Waals surface area contributed by atoms with Gasteiger partial charge < -0.3 is 15.4 Å². The molecule has 5 nitrogen and oxygen atoms in total. The highest BCUT2D eigenvalue weighted by Crippen LogP contribution is 2.11. The van der Waals surface area contributed by atoms with Crippen molar-refractivity contribution in [3.63, 3.8) is 0 Å². The van der Waals surface area contributed by atoms with Crippen LogP contribution in [0.4, 0.5) is 0 Å². The van der Waals surface area contributed by atoms with Crippen LogP contribution in [0.25, 0.3) is 0 Å². The van der Waals surface area contributed by atoms with Gasteiger partial charge in [0.15, 0.2) is 5.96 Å². The third-order valence-electron chi connectivity index (χ3n) is 3.32. The summed E-state index contributed by atoms with van der Waals surface area (Å²) in [5.41, 5.74) is 1.47. The van der Waals surface area contributed by atoms with E-state index in [1.807, 2.05) is 6.20 Å². The van der Waals surface area contributed by atoms with Crippen LogP contribution in [0.1, 0.15) is 22.7 Å². The zero-order valence-corrected chi connectivity index (χ0v) is 16.4. The second kappa shape index (κ2) is 11.0. The van der Waals surface area contributed by atoms with Gasteiger partial charge in [0.25, 0.3) is 0 Å². The van der Waals surface area contributed by atoms with Gasteiger partial charge in [-0.1, -0.05) is 11.6 Å². The van der Waals surface area contributed by atoms with Crippen molar-refractivity contribution in [1.82, 2.24) is 15.6 Å². The Balaban J connectivity index is 0.00000242. The highest BCUT2D eigenvalue weighted by atomic mass is 127. The van der Waals surface area contributed by atoms with Crippen molar-refractivity contribution in [3.05, 3.63) is 27.7 Å². The summed E-state index contributed by atoms with van der Waals surface area (Å²) in [6, 6.07) is 0. The molecule has 0 aromatic carbocycles. The lowest BCUT2D eigenvalue weighted by atomic mass is 10.1. The maximum absolute atomic E-state index is 5.31. The van der Waals surface area contributed by atoms with Gasteiger partial charge in [-0.3, -0.25) is 4.99 Å². The molecule has 2 heterocycles. The lowest BCUT2D eigenvalue weighted by Gasteiger charge is -2.15. The molecule has 1 aliphatic heterocycles. The average Bonchev–Trinajstić information content (AvgIpc) is 2.92. The van der Waals surface area contributed by atoms with E-state index < -0.39 is 0 Å². The molecule has 124 valence electrons. The number of ether oxygens (including phenoxy) is 1. The molecule has 0 amide bonds. The summed E-state index contributed by atoms with van der Waals surface area (Å²) in [4.78, 5) is 9.86. The monoisotopic (exact) mass is 436 g/mol. The highest BCUT2D eigenvalue weighted by molar-refractivity contribution is 14.0. The molecule has 7 heteroatoms. The first kappa shape index (κ1) is 19.4. The van der Waals surface area contributed by atoms with Gasteiger partial charge in [0.1, 0.15) is 0 Å². The van der Waals surface area contributed by atoms with Crippen molar-refractivity contribution < 1.29 is 4.74 Å². The fourth-order valence-electron chi connectivity index (χ4n) is 2.16. The third-order valence-corrected chi connectivity index (χ3v) is 4.29. The summed E-state index contributed by atoms with van der Waals surface area (Å²) >= 11 is 1.75. The van der Waals surface area contributed by atoms with Gasteiger partial charge in [0.05, 0.1) is 18.2 Å². The molecule has 2 rings (SSSR count). The number of hydrogen-bond donors (Lipinski definition) is 2. The van der Waals surface area contributed by atoms with E-state index in [0.717, 1.165) is 51.5 Å². The summed E-state index contributed by atoms with van der Waals surface area (Å²) in [5.74, 6) is 0.857. The smallest absolute Gasteiger partial charge is 0.191 e. The quantitative estimate of drug-likeness (QED) is 0.312. The molecule has 0 spiro atoms. The van der Waals surface area contributed by atoms with E-state index in [-0.39, 0.29) is 24.0 Å². The summed E-state index contributed by atoms with van der Waals surface area (Å²) in [5, 5.41) is 7.84. The lowest BCUT2D eigenvalue weighted by Crippen LogP contribution is -2.38. The van der Waals surface area contributed by atoms with Gasteiger partial charge in [0.2, 0.25) is 0 Å². The van der Waals surface area contributed by atoms with Gasteiger partial charge in [-0.05, 0) is 19.8 Å². The zero-order chi connectivity index (χ0) is 14.9. The minimum Gasteiger partial charge on any atom is -0.377 e. The van der Waals surface area contributed by atoms with Crippen molar-refractivity contribution in [2.45, 2.75) is 26.2 Å². The van der Waals surface area contributed by atoms with E-state index in [0.29, 0.717) is 0 Å². The molecule has 0 atom stereocenters. The summed E-state index contributed by atoms with van der Waals surface area (Å²) < 4.78 is 5.31. The van der Waals surface area contributed by atoms with E-state index in [1.54, 1.807) is 18.4 Å². The van der Waals surface area contributed by atoms with Crippen LogP contribution in [0.15, 0.2) is 22.8 Å². The number of hydrogen-bond acceptors (Lipinski definition) is 4. The first-order valence-corrected chi connectivity index (χ1v) is 8.21. The van der Waals surface area contributed by atoms with E-state index in [4.69, 9.17) is 4.74 Å². The van der Waals surface area contributed by atoms with Crippen LogP contribution in [0.5, 0.6) is 0 Å². The second-order valence-corrected chi connectivity index (χ2v) is 6.30. The van der Waals surface area contributed by atoms with Crippen LogP contribution < -0.4 is 10.6 Å². The Labute approximate surface area is 153 Å². The summed E-state index contributed by atoms with van der Waals surface area (Å²) in [6.45, 7) is 5.45. The van der Waals surface area contributed by atoms with E-state index in [9.17, 15) is 0 Å². The largest absolute Gasteiger partial charge is 0.377 e. The predicted molar refractivity (Wildman–Crippen MR) is 103 cm³/mol. The second-order valence-electron chi connectivity index (χ2n) is 4.98. The number of halogens is 1. The minimum atomic E-state index is 0. The van der Waals surface area contributed by atoms with Gasteiger partial charge in [-0.2, -0.15) is 0 Å². The van der Waals surface area contributed by atoms with Crippen LogP contribution in [0, 0.1) is 6.92 Å². The molecule has 0 saturated carbocycles. The van der Waals surface area contributed by atoms with Gasteiger partial charge in [-0.15, -0.1) is 35.3 Å². The molecule has 0 aliphatic carbocycles. The molecule has 0 bridgehead atoms. The maximum atomic E-state index is 5.31. The van der Waals surface area contributed by atoms with Gasteiger partial charge in [-0.25, -0.2) is 4.98 Å². The molecule has 0 unspecified atom stereocenters. The van der Waals surface area contributed by atoms with Crippen LogP contribution >= 0.6 is 35.3 Å². The molecule has 22 heavy (non-hydrogen) atoms. The Kier molecular flexibility index (Phi) is 9.65. The van der Waals surface area contributed by atoms with Crippen molar-refractivity contribution >= 4 is 41.3 Å². The summed E-state index contributed by atoms with van der Waals surface area (Å²) in [6.07, 6.45) is 7.15. The number of nitrogens with one attached hydrogen (secondary N) is 2. The predicted octanol–water partition coefficient (Wildman–Crippen LogP) is 2.51. The first-order valence-electron chi connectivity index (χ1n) is 7.39. The SMILES string of the molecule is CN=C(NCCC1=CCOCC1)NCCc1ncc(C)s1.I. The number of guanidine groups is 1. The molecular formula is C15H25IN4OS. The van der Waals surface area contributed by atoms with Crippen LogP contribution in [-0.4, -0.2) is 44.3 Å². The van der Waals surface area contributed by atoms with Crippen molar-refractivity contribution in [3.8, 4) is 0 Å². The number of rotatable bonds is 6. The van der Waals surface area contributed by atoms with Crippen LogP contribution in [-0.2, 0) is 11.2 Å². The van der Waals surface area contributed by atoms with Crippen molar-refractivity contribution in [1.29, 1.82) is 0 Å². The normalized spacial score (nSPS) is 15.0. The van der Waals surface area contributed by atoms with E-state index in [1.165, 1.54) is 15.5 Å². The Morgan fingerprint density at radius 3 is 2.73 bits per heavy atom. The fraction of sp³-hybridized carbons (Fsp3) is 0.600. The Morgan fingerprint density at radius 2 is 2.14 bits per heavy atom. The summed E-state index contributed by atoms with van der Waals surface area (Å²) in [7, 11) is 1.80. The van der Waals surface area contributed by atoms with E-state index >= 15 is 0 Å². The molecular weight excluding hydrogens is 411 g/mol. The number of nitrogens with zero attached hydrogens (tertiary/aromatic N) is 2. The molecule has 1 aliphatic rings. The van der Waals surface area contributed by atoms with Gasteiger partial charge in [0, 0.05) is 37.6 Å². The third kappa shape index (κ3) is 7.06. The molecule has 2 N–H and O–H groups in total. The number of aliphatic imine (C=N–C) groups is 1. The van der Waals surface area contributed by atoms with Crippen LogP contribution in [0.3, 0.4) is 0 Å². The zero-order valence-electron chi connectivity index (χ0n) is 13.2. The van der Waals surface area contributed by atoms with Crippen molar-refractivity contribution in [2.24, 2.45) is 4.99 Å². The fourth-order valence-corrected chi connectivity index (χ4v) is 2.95. The highest BCUT2D eigenvalue weighted by Gasteiger charge is 2.04. The Bertz CT molecular complexity index is 501. The van der Waals surface area contributed by atoms with Gasteiger partial charge >= 0.3 is 0 Å². The average molecular weight is 436 g/mol. The number of thiazole rings is 1.